The maximum Gasteiger partial charge on any atom is 0.326 e. The van der Waals surface area contributed by atoms with Crippen molar-refractivity contribution in [3.05, 3.63) is 23.0 Å². The minimum atomic E-state index is -0.940. The SMILES string of the molecule is Cc1nc(-c2cnn(C)c2)sc1C(=O)N1CCC(C)CC1C(=O)O. The summed E-state index contributed by atoms with van der Waals surface area (Å²) < 4.78 is 1.68. The van der Waals surface area contributed by atoms with Crippen LogP contribution in [0.25, 0.3) is 10.6 Å². The van der Waals surface area contributed by atoms with Gasteiger partial charge in [0, 0.05) is 25.4 Å². The molecule has 1 N–H and O–H groups in total. The van der Waals surface area contributed by atoms with Gasteiger partial charge in [-0.25, -0.2) is 9.78 Å². The van der Waals surface area contributed by atoms with E-state index in [2.05, 4.69) is 10.1 Å². The maximum atomic E-state index is 12.9. The van der Waals surface area contributed by atoms with Gasteiger partial charge in [0.1, 0.15) is 15.9 Å². The van der Waals surface area contributed by atoms with Crippen LogP contribution in [0.3, 0.4) is 0 Å². The number of nitrogens with zero attached hydrogens (tertiary/aromatic N) is 4. The van der Waals surface area contributed by atoms with E-state index in [0.717, 1.165) is 17.0 Å². The molecule has 0 saturated carbocycles. The van der Waals surface area contributed by atoms with Gasteiger partial charge in [-0.2, -0.15) is 5.10 Å². The van der Waals surface area contributed by atoms with Crippen LogP contribution in [0.15, 0.2) is 12.4 Å². The van der Waals surface area contributed by atoms with Gasteiger partial charge >= 0.3 is 5.97 Å². The molecule has 2 unspecified atom stereocenters. The number of aromatic nitrogens is 3. The van der Waals surface area contributed by atoms with Crippen molar-refractivity contribution in [1.82, 2.24) is 19.7 Å². The molecule has 1 aliphatic heterocycles. The van der Waals surface area contributed by atoms with E-state index in [9.17, 15) is 14.7 Å². The van der Waals surface area contributed by atoms with E-state index in [0.29, 0.717) is 29.5 Å². The van der Waals surface area contributed by atoms with Gasteiger partial charge < -0.3 is 10.0 Å². The van der Waals surface area contributed by atoms with E-state index in [-0.39, 0.29) is 5.91 Å². The van der Waals surface area contributed by atoms with Crippen molar-refractivity contribution in [2.24, 2.45) is 13.0 Å². The third kappa shape index (κ3) is 3.06. The number of rotatable bonds is 3. The van der Waals surface area contributed by atoms with Gasteiger partial charge in [-0.05, 0) is 25.7 Å². The molecule has 3 rings (SSSR count). The van der Waals surface area contributed by atoms with E-state index >= 15 is 0 Å². The van der Waals surface area contributed by atoms with Crippen LogP contribution in [0.2, 0.25) is 0 Å². The number of thiazole rings is 1. The molecular weight excluding hydrogens is 328 g/mol. The van der Waals surface area contributed by atoms with Crippen molar-refractivity contribution in [3.63, 3.8) is 0 Å². The number of aliphatic carboxylic acids is 1. The lowest BCUT2D eigenvalue weighted by Crippen LogP contribution is -2.49. The number of hydrogen-bond donors (Lipinski definition) is 1. The lowest BCUT2D eigenvalue weighted by Gasteiger charge is -2.35. The summed E-state index contributed by atoms with van der Waals surface area (Å²) in [7, 11) is 1.82. The predicted molar refractivity (Wildman–Crippen MR) is 89.9 cm³/mol. The van der Waals surface area contributed by atoms with Crippen molar-refractivity contribution in [3.8, 4) is 10.6 Å². The minimum Gasteiger partial charge on any atom is -0.480 e. The second-order valence-corrected chi connectivity index (χ2v) is 7.32. The van der Waals surface area contributed by atoms with Crippen LogP contribution in [0, 0.1) is 12.8 Å². The number of hydrogen-bond acceptors (Lipinski definition) is 5. The number of piperidine rings is 1. The third-order valence-electron chi connectivity index (χ3n) is 4.35. The van der Waals surface area contributed by atoms with E-state index in [4.69, 9.17) is 0 Å². The molecular formula is C16H20N4O3S. The molecule has 0 aromatic carbocycles. The summed E-state index contributed by atoms with van der Waals surface area (Å²) in [6.45, 7) is 4.28. The predicted octanol–water partition coefficient (Wildman–Crippen LogP) is 2.18. The quantitative estimate of drug-likeness (QED) is 0.918. The highest BCUT2D eigenvalue weighted by Crippen LogP contribution is 2.31. The van der Waals surface area contributed by atoms with Crippen molar-refractivity contribution in [2.45, 2.75) is 32.7 Å². The smallest absolute Gasteiger partial charge is 0.326 e. The average Bonchev–Trinajstić information content (AvgIpc) is 3.12. The summed E-state index contributed by atoms with van der Waals surface area (Å²) >= 11 is 1.29. The number of aryl methyl sites for hydroxylation is 2. The third-order valence-corrected chi connectivity index (χ3v) is 5.55. The van der Waals surface area contributed by atoms with Gasteiger partial charge in [0.25, 0.3) is 5.91 Å². The number of carbonyl (C=O) groups is 2. The van der Waals surface area contributed by atoms with Gasteiger partial charge in [-0.3, -0.25) is 9.48 Å². The number of likely N-dealkylation sites (tertiary alicyclic amines) is 1. The Kier molecular flexibility index (Phi) is 4.40. The second kappa shape index (κ2) is 6.35. The molecule has 1 saturated heterocycles. The fraction of sp³-hybridized carbons (Fsp3) is 0.500. The van der Waals surface area contributed by atoms with Crippen LogP contribution in [-0.4, -0.2) is 49.2 Å². The first-order valence-electron chi connectivity index (χ1n) is 7.87. The highest BCUT2D eigenvalue weighted by molar-refractivity contribution is 7.17. The summed E-state index contributed by atoms with van der Waals surface area (Å²) in [5.41, 5.74) is 1.48. The van der Waals surface area contributed by atoms with Crippen molar-refractivity contribution in [1.29, 1.82) is 0 Å². The molecule has 1 fully saturated rings. The normalized spacial score (nSPS) is 21.0. The van der Waals surface area contributed by atoms with Gasteiger partial charge in [0.05, 0.1) is 11.9 Å². The van der Waals surface area contributed by atoms with E-state index in [1.165, 1.54) is 16.2 Å². The molecule has 0 bridgehead atoms. The Balaban J connectivity index is 1.89. The molecule has 7 nitrogen and oxygen atoms in total. The van der Waals surface area contributed by atoms with Crippen LogP contribution in [0.1, 0.15) is 35.1 Å². The molecule has 0 aliphatic carbocycles. The molecule has 1 aliphatic rings. The first-order chi connectivity index (χ1) is 11.4. The molecule has 128 valence electrons. The Morgan fingerprint density at radius 1 is 1.42 bits per heavy atom. The van der Waals surface area contributed by atoms with Crippen LogP contribution in [-0.2, 0) is 11.8 Å². The Bertz CT molecular complexity index is 782. The Morgan fingerprint density at radius 3 is 2.79 bits per heavy atom. The van der Waals surface area contributed by atoms with Crippen LogP contribution in [0.5, 0.6) is 0 Å². The topological polar surface area (TPSA) is 88.3 Å². The molecule has 0 spiro atoms. The average molecular weight is 348 g/mol. The summed E-state index contributed by atoms with van der Waals surface area (Å²) in [6, 6.07) is -0.760. The van der Waals surface area contributed by atoms with Crippen molar-refractivity contribution < 1.29 is 14.7 Å². The summed E-state index contributed by atoms with van der Waals surface area (Å²) in [5, 5.41) is 14.3. The minimum absolute atomic E-state index is 0.237. The van der Waals surface area contributed by atoms with E-state index in [1.54, 1.807) is 17.8 Å². The van der Waals surface area contributed by atoms with Crippen LogP contribution < -0.4 is 0 Å². The fourth-order valence-electron chi connectivity index (χ4n) is 3.00. The number of amides is 1. The maximum absolute atomic E-state index is 12.9. The zero-order valence-corrected chi connectivity index (χ0v) is 14.7. The zero-order chi connectivity index (χ0) is 17.4. The molecule has 2 aromatic rings. The number of carboxylic acids is 1. The Hall–Kier alpha value is -2.22. The monoisotopic (exact) mass is 348 g/mol. The standard InChI is InChI=1S/C16H20N4O3S/c1-9-4-5-20(12(6-9)16(22)23)15(21)13-10(2)18-14(24-13)11-7-17-19(3)8-11/h7-9,12H,4-6H2,1-3H3,(H,22,23). The molecule has 0 radical (unpaired) electrons. The summed E-state index contributed by atoms with van der Waals surface area (Å²) in [6.07, 6.45) is 4.86. The van der Waals surface area contributed by atoms with Gasteiger partial charge in [-0.1, -0.05) is 6.92 Å². The lowest BCUT2D eigenvalue weighted by atomic mass is 9.92. The van der Waals surface area contributed by atoms with Crippen LogP contribution in [0.4, 0.5) is 0 Å². The number of carboxylic acid groups (broad SMARTS) is 1. The van der Waals surface area contributed by atoms with Gasteiger partial charge in [0.2, 0.25) is 0 Å². The van der Waals surface area contributed by atoms with Crippen LogP contribution >= 0.6 is 11.3 Å². The van der Waals surface area contributed by atoms with Crippen molar-refractivity contribution in [2.75, 3.05) is 6.54 Å². The van der Waals surface area contributed by atoms with E-state index < -0.39 is 12.0 Å². The highest BCUT2D eigenvalue weighted by Gasteiger charge is 2.36. The van der Waals surface area contributed by atoms with Gasteiger partial charge in [0.15, 0.2) is 0 Å². The fourth-order valence-corrected chi connectivity index (χ4v) is 4.00. The number of carbonyl (C=O) groups excluding carboxylic acids is 1. The lowest BCUT2D eigenvalue weighted by molar-refractivity contribution is -0.144. The first kappa shape index (κ1) is 16.6. The van der Waals surface area contributed by atoms with E-state index in [1.807, 2.05) is 20.2 Å². The second-order valence-electron chi connectivity index (χ2n) is 6.32. The largest absolute Gasteiger partial charge is 0.480 e. The Labute approximate surface area is 143 Å². The molecule has 1 amide bonds. The zero-order valence-electron chi connectivity index (χ0n) is 13.9. The van der Waals surface area contributed by atoms with Gasteiger partial charge in [-0.15, -0.1) is 11.3 Å². The molecule has 8 heteroatoms. The summed E-state index contributed by atoms with van der Waals surface area (Å²) in [4.78, 5) is 30.9. The molecule has 24 heavy (non-hydrogen) atoms. The Morgan fingerprint density at radius 2 is 2.17 bits per heavy atom. The summed E-state index contributed by atoms with van der Waals surface area (Å²) in [5.74, 6) is -0.868. The molecule has 3 heterocycles. The molecule has 2 atom stereocenters. The molecule has 2 aromatic heterocycles. The first-order valence-corrected chi connectivity index (χ1v) is 8.68. The van der Waals surface area contributed by atoms with Crippen molar-refractivity contribution >= 4 is 23.2 Å². The highest BCUT2D eigenvalue weighted by atomic mass is 32.1.